The smallest absolute Gasteiger partial charge is 0.337 e. The van der Waals surface area contributed by atoms with E-state index in [0.717, 1.165) is 11.1 Å². The number of ether oxygens (including phenoxy) is 1. The molecule has 30 heavy (non-hydrogen) atoms. The number of aryl methyl sites for hydroxylation is 1. The number of rotatable bonds is 2. The summed E-state index contributed by atoms with van der Waals surface area (Å²) >= 11 is 0. The van der Waals surface area contributed by atoms with E-state index in [4.69, 9.17) is 0 Å². The van der Waals surface area contributed by atoms with E-state index < -0.39 is 10.9 Å². The molecule has 0 bridgehead atoms. The second kappa shape index (κ2) is 9.23. The van der Waals surface area contributed by atoms with Gasteiger partial charge >= 0.3 is 5.97 Å². The van der Waals surface area contributed by atoms with Crippen LogP contribution in [0.4, 0.5) is 5.69 Å². The first kappa shape index (κ1) is 20.4. The number of hydrogen-bond acceptors (Lipinski definition) is 4. The number of hydrogen-bond donors (Lipinski definition) is 0. The second-order valence-electron chi connectivity index (χ2n) is 6.38. The molecular weight excluding hydrogens is 378 g/mol. The maximum Gasteiger partial charge on any atom is 0.337 e. The van der Waals surface area contributed by atoms with Crippen LogP contribution in [0.1, 0.15) is 38.2 Å². The van der Waals surface area contributed by atoms with Gasteiger partial charge in [0, 0.05) is 22.8 Å². The lowest BCUT2D eigenvalue weighted by atomic mass is 10.0. The average Bonchev–Trinajstić information content (AvgIpc) is 2.77. The van der Waals surface area contributed by atoms with Crippen molar-refractivity contribution in [3.8, 4) is 23.7 Å². The van der Waals surface area contributed by atoms with Crippen molar-refractivity contribution in [1.29, 1.82) is 0 Å². The molecule has 0 aliphatic heterocycles. The van der Waals surface area contributed by atoms with Crippen LogP contribution < -0.4 is 0 Å². The number of nitro groups is 1. The van der Waals surface area contributed by atoms with Gasteiger partial charge < -0.3 is 4.74 Å². The van der Waals surface area contributed by atoms with Crippen LogP contribution in [-0.2, 0) is 4.74 Å². The van der Waals surface area contributed by atoms with Crippen LogP contribution in [0.2, 0.25) is 0 Å². The Morgan fingerprint density at radius 1 is 0.867 bits per heavy atom. The normalized spacial score (nSPS) is 9.53. The summed E-state index contributed by atoms with van der Waals surface area (Å²) in [6, 6.07) is 19.1. The Labute approximate surface area is 174 Å². The Balaban J connectivity index is 1.94. The molecule has 0 radical (unpaired) electrons. The minimum Gasteiger partial charge on any atom is -0.465 e. The summed E-state index contributed by atoms with van der Waals surface area (Å²) < 4.78 is 4.66. The number of methoxy groups -OCH3 is 1. The molecule has 146 valence electrons. The first-order chi connectivity index (χ1) is 14.5. The zero-order chi connectivity index (χ0) is 21.5. The highest BCUT2D eigenvalue weighted by Gasteiger charge is 2.15. The van der Waals surface area contributed by atoms with Gasteiger partial charge in [-0.15, -0.1) is 0 Å². The van der Waals surface area contributed by atoms with E-state index in [1.807, 2.05) is 37.3 Å². The highest BCUT2D eigenvalue weighted by atomic mass is 16.6. The molecule has 0 saturated carbocycles. The van der Waals surface area contributed by atoms with Crippen molar-refractivity contribution in [2.24, 2.45) is 0 Å². The van der Waals surface area contributed by atoms with Gasteiger partial charge in [0.15, 0.2) is 0 Å². The van der Waals surface area contributed by atoms with Crippen molar-refractivity contribution < 1.29 is 14.5 Å². The molecule has 3 aromatic carbocycles. The molecular formula is C25H17NO4. The molecule has 0 saturated heterocycles. The van der Waals surface area contributed by atoms with Gasteiger partial charge in [-0.1, -0.05) is 41.9 Å². The van der Waals surface area contributed by atoms with Gasteiger partial charge in [0.1, 0.15) is 5.56 Å². The molecule has 5 nitrogen and oxygen atoms in total. The highest BCUT2D eigenvalue weighted by Crippen LogP contribution is 2.22. The number of carbonyl (C=O) groups is 1. The van der Waals surface area contributed by atoms with E-state index >= 15 is 0 Å². The molecule has 0 unspecified atom stereocenters. The molecule has 0 N–H and O–H groups in total. The molecule has 3 aromatic rings. The molecule has 0 heterocycles. The third kappa shape index (κ3) is 4.92. The van der Waals surface area contributed by atoms with Gasteiger partial charge in [-0.2, -0.15) is 0 Å². The van der Waals surface area contributed by atoms with Crippen molar-refractivity contribution in [3.63, 3.8) is 0 Å². The summed E-state index contributed by atoms with van der Waals surface area (Å²) in [7, 11) is 1.31. The van der Waals surface area contributed by atoms with E-state index in [2.05, 4.69) is 28.4 Å². The van der Waals surface area contributed by atoms with Gasteiger partial charge in [-0.3, -0.25) is 10.1 Å². The molecule has 0 atom stereocenters. The van der Waals surface area contributed by atoms with Crippen molar-refractivity contribution in [2.45, 2.75) is 6.92 Å². The number of nitrogens with zero attached hydrogens (tertiary/aromatic N) is 1. The minimum absolute atomic E-state index is 0.100. The average molecular weight is 395 g/mol. The van der Waals surface area contributed by atoms with Crippen LogP contribution in [0.15, 0.2) is 66.7 Å². The topological polar surface area (TPSA) is 69.4 Å². The van der Waals surface area contributed by atoms with Crippen LogP contribution in [-0.4, -0.2) is 18.0 Å². The summed E-state index contributed by atoms with van der Waals surface area (Å²) in [5.74, 6) is 11.3. The van der Waals surface area contributed by atoms with Crippen molar-refractivity contribution >= 4 is 11.7 Å². The maximum absolute atomic E-state index is 11.6. The van der Waals surface area contributed by atoms with E-state index in [9.17, 15) is 14.9 Å². The number of benzene rings is 3. The van der Waals surface area contributed by atoms with Gasteiger partial charge in [-0.05, 0) is 55.0 Å². The molecule has 3 rings (SSSR count). The standard InChI is InChI=1S/C25H17NO4/c1-18-16-23(15-11-20-8-12-21(13-9-20)25(27)30-2)24(26(28)29)17-22(18)14-10-19-6-4-3-5-7-19/h3-9,12-13,16-17H,1-2H3. The van der Waals surface area contributed by atoms with Crippen LogP contribution in [0.3, 0.4) is 0 Å². The summed E-state index contributed by atoms with van der Waals surface area (Å²) in [6.07, 6.45) is 0. The molecule has 5 heteroatoms. The molecule has 0 aromatic heterocycles. The van der Waals surface area contributed by atoms with Crippen molar-refractivity contribution in [3.05, 3.63) is 110 Å². The van der Waals surface area contributed by atoms with Crippen LogP contribution in [0.25, 0.3) is 0 Å². The van der Waals surface area contributed by atoms with Crippen LogP contribution in [0.5, 0.6) is 0 Å². The molecule has 0 aliphatic carbocycles. The monoisotopic (exact) mass is 395 g/mol. The first-order valence-electron chi connectivity index (χ1n) is 9.04. The second-order valence-corrected chi connectivity index (χ2v) is 6.38. The van der Waals surface area contributed by atoms with E-state index in [1.54, 1.807) is 30.3 Å². The lowest BCUT2D eigenvalue weighted by molar-refractivity contribution is -0.385. The van der Waals surface area contributed by atoms with E-state index in [0.29, 0.717) is 22.3 Å². The van der Waals surface area contributed by atoms with Crippen molar-refractivity contribution in [2.75, 3.05) is 7.11 Å². The summed E-state index contributed by atoms with van der Waals surface area (Å²) in [5.41, 5.74) is 3.46. The maximum atomic E-state index is 11.6. The lowest BCUT2D eigenvalue weighted by Crippen LogP contribution is -2.00. The Hall–Kier alpha value is -4.35. The van der Waals surface area contributed by atoms with E-state index in [1.165, 1.54) is 13.2 Å². The third-order valence-corrected chi connectivity index (χ3v) is 4.30. The Kier molecular flexibility index (Phi) is 6.27. The SMILES string of the molecule is COC(=O)c1ccc(C#Cc2cc(C)c(C#Cc3ccccc3)cc2[N+](=O)[O-])cc1. The Morgan fingerprint density at radius 2 is 1.47 bits per heavy atom. The van der Waals surface area contributed by atoms with Crippen LogP contribution in [0, 0.1) is 40.7 Å². The third-order valence-electron chi connectivity index (χ3n) is 4.30. The molecule has 0 fully saturated rings. The van der Waals surface area contributed by atoms with E-state index in [-0.39, 0.29) is 5.69 Å². The lowest BCUT2D eigenvalue weighted by Gasteiger charge is -2.02. The fourth-order valence-corrected chi connectivity index (χ4v) is 2.69. The van der Waals surface area contributed by atoms with Gasteiger partial charge in [0.25, 0.3) is 5.69 Å². The number of nitro benzene ring substituents is 1. The molecule has 0 amide bonds. The highest BCUT2D eigenvalue weighted by molar-refractivity contribution is 5.89. The predicted molar refractivity (Wildman–Crippen MR) is 114 cm³/mol. The summed E-state index contributed by atoms with van der Waals surface area (Å²) in [5, 5.41) is 11.6. The van der Waals surface area contributed by atoms with Gasteiger partial charge in [-0.25, -0.2) is 4.79 Å². The van der Waals surface area contributed by atoms with Crippen LogP contribution >= 0.6 is 0 Å². The Morgan fingerprint density at radius 3 is 2.07 bits per heavy atom. The molecule has 0 aliphatic rings. The minimum atomic E-state index is -0.461. The molecule has 0 spiro atoms. The Bertz CT molecular complexity index is 1220. The fourth-order valence-electron chi connectivity index (χ4n) is 2.69. The number of carbonyl (C=O) groups excluding carboxylic acids is 1. The summed E-state index contributed by atoms with van der Waals surface area (Å²) in [4.78, 5) is 22.6. The predicted octanol–water partition coefficient (Wildman–Crippen LogP) is 4.49. The van der Waals surface area contributed by atoms with Gasteiger partial charge in [0.05, 0.1) is 17.6 Å². The number of esters is 1. The fraction of sp³-hybridized carbons (Fsp3) is 0.0800. The largest absolute Gasteiger partial charge is 0.465 e. The zero-order valence-electron chi connectivity index (χ0n) is 16.4. The first-order valence-corrected chi connectivity index (χ1v) is 9.04. The quantitative estimate of drug-likeness (QED) is 0.277. The summed E-state index contributed by atoms with van der Waals surface area (Å²) in [6.45, 7) is 1.84. The zero-order valence-corrected chi connectivity index (χ0v) is 16.4. The van der Waals surface area contributed by atoms with Crippen molar-refractivity contribution in [1.82, 2.24) is 0 Å². The van der Waals surface area contributed by atoms with Gasteiger partial charge in [0.2, 0.25) is 0 Å².